The molecule has 0 saturated carbocycles. The highest BCUT2D eigenvalue weighted by Crippen LogP contribution is 2.29. The number of hydrogen-bond donors (Lipinski definition) is 3. The van der Waals surface area contributed by atoms with Crippen molar-refractivity contribution in [2.24, 2.45) is 11.3 Å². The standard InChI is InChI=1S/C20H31N3O3.ClH/c1-15(2)11-18(24)23-17-6-4-5-16(12-17)13-22-19(25)20(14-26-3)7-9-21-10-8-20;/h4-6,12,15,21H,7-11,13-14H2,1-3H3,(H,22,25)(H,23,24);1H. The number of anilines is 1. The molecule has 0 aliphatic carbocycles. The number of nitrogens with one attached hydrogen (secondary N) is 3. The maximum absolute atomic E-state index is 12.8. The lowest BCUT2D eigenvalue weighted by molar-refractivity contribution is -0.136. The molecule has 1 saturated heterocycles. The first-order valence-corrected chi connectivity index (χ1v) is 9.32. The van der Waals surface area contributed by atoms with Crippen LogP contribution in [0.25, 0.3) is 0 Å². The zero-order chi connectivity index (χ0) is 19.0. The topological polar surface area (TPSA) is 79.5 Å². The minimum atomic E-state index is -0.455. The summed E-state index contributed by atoms with van der Waals surface area (Å²) in [7, 11) is 1.64. The third-order valence-electron chi connectivity index (χ3n) is 4.72. The van der Waals surface area contributed by atoms with Gasteiger partial charge in [-0.3, -0.25) is 9.59 Å². The number of carbonyl (C=O) groups excluding carboxylic acids is 2. The molecule has 6 nitrogen and oxygen atoms in total. The summed E-state index contributed by atoms with van der Waals surface area (Å²) in [5, 5.41) is 9.25. The number of halogens is 1. The van der Waals surface area contributed by atoms with Gasteiger partial charge in [-0.1, -0.05) is 26.0 Å². The molecule has 2 rings (SSSR count). The van der Waals surface area contributed by atoms with Crippen LogP contribution in [0.1, 0.15) is 38.7 Å². The fourth-order valence-electron chi connectivity index (χ4n) is 3.33. The molecule has 1 aromatic carbocycles. The van der Waals surface area contributed by atoms with E-state index in [1.807, 2.05) is 38.1 Å². The van der Waals surface area contributed by atoms with Crippen molar-refractivity contribution in [3.63, 3.8) is 0 Å². The van der Waals surface area contributed by atoms with Crippen LogP contribution < -0.4 is 16.0 Å². The molecule has 0 aromatic heterocycles. The minimum absolute atomic E-state index is 0. The van der Waals surface area contributed by atoms with Gasteiger partial charge in [0, 0.05) is 25.8 Å². The van der Waals surface area contributed by atoms with Gasteiger partial charge >= 0.3 is 0 Å². The van der Waals surface area contributed by atoms with Crippen LogP contribution in [0.4, 0.5) is 5.69 Å². The van der Waals surface area contributed by atoms with Crippen molar-refractivity contribution in [1.29, 1.82) is 0 Å². The van der Waals surface area contributed by atoms with E-state index in [0.29, 0.717) is 25.5 Å². The van der Waals surface area contributed by atoms with E-state index in [-0.39, 0.29) is 24.2 Å². The Kier molecular flexibility index (Phi) is 9.77. The summed E-state index contributed by atoms with van der Waals surface area (Å²) in [6.07, 6.45) is 2.05. The number of hydrogen-bond acceptors (Lipinski definition) is 4. The predicted molar refractivity (Wildman–Crippen MR) is 110 cm³/mol. The van der Waals surface area contributed by atoms with Crippen molar-refractivity contribution in [2.75, 3.05) is 32.1 Å². The van der Waals surface area contributed by atoms with Gasteiger partial charge < -0.3 is 20.7 Å². The van der Waals surface area contributed by atoms with Gasteiger partial charge in [-0.25, -0.2) is 0 Å². The molecular formula is C20H32ClN3O3. The van der Waals surface area contributed by atoms with E-state index < -0.39 is 5.41 Å². The Morgan fingerprint density at radius 1 is 1.26 bits per heavy atom. The Hall–Kier alpha value is -1.63. The Morgan fingerprint density at radius 3 is 2.59 bits per heavy atom. The number of carbonyl (C=O) groups is 2. The fraction of sp³-hybridized carbons (Fsp3) is 0.600. The van der Waals surface area contributed by atoms with Crippen LogP contribution >= 0.6 is 12.4 Å². The second kappa shape index (κ2) is 11.3. The van der Waals surface area contributed by atoms with Gasteiger partial charge in [0.2, 0.25) is 11.8 Å². The van der Waals surface area contributed by atoms with Gasteiger partial charge in [0.25, 0.3) is 0 Å². The lowest BCUT2D eigenvalue weighted by atomic mass is 9.78. The summed E-state index contributed by atoms with van der Waals surface area (Å²) in [5.41, 5.74) is 1.27. The maximum atomic E-state index is 12.8. The van der Waals surface area contributed by atoms with Crippen LogP contribution in [-0.2, 0) is 20.9 Å². The highest BCUT2D eigenvalue weighted by molar-refractivity contribution is 5.90. The molecule has 0 unspecified atom stereocenters. The van der Waals surface area contributed by atoms with Crippen molar-refractivity contribution < 1.29 is 14.3 Å². The van der Waals surface area contributed by atoms with Crippen molar-refractivity contribution in [1.82, 2.24) is 10.6 Å². The molecule has 0 spiro atoms. The third kappa shape index (κ3) is 7.13. The van der Waals surface area contributed by atoms with Gasteiger partial charge in [-0.15, -0.1) is 12.4 Å². The zero-order valence-electron chi connectivity index (χ0n) is 16.5. The number of amides is 2. The Balaban J connectivity index is 0.00000364. The van der Waals surface area contributed by atoms with Crippen LogP contribution in [-0.4, -0.2) is 38.6 Å². The predicted octanol–water partition coefficient (Wildman–Crippen LogP) is 2.73. The van der Waals surface area contributed by atoms with Crippen LogP contribution in [0.3, 0.4) is 0 Å². The maximum Gasteiger partial charge on any atom is 0.228 e. The number of benzene rings is 1. The fourth-order valence-corrected chi connectivity index (χ4v) is 3.33. The van der Waals surface area contributed by atoms with Crippen molar-refractivity contribution >= 4 is 29.9 Å². The van der Waals surface area contributed by atoms with Crippen LogP contribution in [0, 0.1) is 11.3 Å². The monoisotopic (exact) mass is 397 g/mol. The Bertz CT molecular complexity index is 611. The van der Waals surface area contributed by atoms with Gasteiger partial charge in [0.15, 0.2) is 0 Å². The number of ether oxygens (including phenoxy) is 1. The van der Waals surface area contributed by atoms with Crippen molar-refractivity contribution in [3.05, 3.63) is 29.8 Å². The summed E-state index contributed by atoms with van der Waals surface area (Å²) in [6, 6.07) is 7.61. The van der Waals surface area contributed by atoms with E-state index in [1.165, 1.54) is 0 Å². The lowest BCUT2D eigenvalue weighted by Crippen LogP contribution is -2.49. The second-order valence-corrected chi connectivity index (χ2v) is 7.49. The minimum Gasteiger partial charge on any atom is -0.384 e. The first-order chi connectivity index (χ1) is 12.4. The van der Waals surface area contributed by atoms with Gasteiger partial charge in [0.05, 0.1) is 12.0 Å². The molecule has 1 heterocycles. The van der Waals surface area contributed by atoms with E-state index in [1.54, 1.807) is 7.11 Å². The largest absolute Gasteiger partial charge is 0.384 e. The first kappa shape index (κ1) is 23.4. The molecule has 1 aliphatic rings. The molecule has 3 N–H and O–H groups in total. The second-order valence-electron chi connectivity index (χ2n) is 7.49. The molecule has 0 atom stereocenters. The van der Waals surface area contributed by atoms with E-state index in [9.17, 15) is 9.59 Å². The molecule has 152 valence electrons. The molecule has 7 heteroatoms. The highest BCUT2D eigenvalue weighted by Gasteiger charge is 2.39. The lowest BCUT2D eigenvalue weighted by Gasteiger charge is -2.35. The van der Waals surface area contributed by atoms with Crippen molar-refractivity contribution in [2.45, 2.75) is 39.7 Å². The molecule has 0 bridgehead atoms. The molecule has 1 aliphatic heterocycles. The first-order valence-electron chi connectivity index (χ1n) is 9.32. The van der Waals surface area contributed by atoms with E-state index in [0.717, 1.165) is 37.2 Å². The van der Waals surface area contributed by atoms with Crippen LogP contribution in [0.2, 0.25) is 0 Å². The average Bonchev–Trinajstić information content (AvgIpc) is 2.60. The summed E-state index contributed by atoms with van der Waals surface area (Å²) in [6.45, 7) is 6.56. The highest BCUT2D eigenvalue weighted by atomic mass is 35.5. The summed E-state index contributed by atoms with van der Waals surface area (Å²) >= 11 is 0. The molecule has 1 aromatic rings. The zero-order valence-corrected chi connectivity index (χ0v) is 17.3. The van der Waals surface area contributed by atoms with Gasteiger partial charge in [0.1, 0.15) is 0 Å². The quantitative estimate of drug-likeness (QED) is 0.630. The number of piperidine rings is 1. The van der Waals surface area contributed by atoms with Crippen LogP contribution in [0.15, 0.2) is 24.3 Å². The van der Waals surface area contributed by atoms with Gasteiger partial charge in [-0.2, -0.15) is 0 Å². The summed E-state index contributed by atoms with van der Waals surface area (Å²) in [5.74, 6) is 0.365. The molecule has 2 amide bonds. The smallest absolute Gasteiger partial charge is 0.228 e. The summed E-state index contributed by atoms with van der Waals surface area (Å²) in [4.78, 5) is 24.7. The van der Waals surface area contributed by atoms with Crippen molar-refractivity contribution in [3.8, 4) is 0 Å². The molecular weight excluding hydrogens is 366 g/mol. The SMILES string of the molecule is COCC1(C(=O)NCc2cccc(NC(=O)CC(C)C)c2)CCNCC1.Cl. The van der Waals surface area contributed by atoms with E-state index in [4.69, 9.17) is 4.74 Å². The Morgan fingerprint density at radius 2 is 1.96 bits per heavy atom. The number of methoxy groups -OCH3 is 1. The normalized spacial score (nSPS) is 15.7. The molecule has 1 fully saturated rings. The molecule has 0 radical (unpaired) electrons. The van der Waals surface area contributed by atoms with Crippen LogP contribution in [0.5, 0.6) is 0 Å². The van der Waals surface area contributed by atoms with Gasteiger partial charge in [-0.05, 0) is 49.5 Å². The molecule has 27 heavy (non-hydrogen) atoms. The average molecular weight is 398 g/mol. The summed E-state index contributed by atoms with van der Waals surface area (Å²) < 4.78 is 5.32. The Labute approximate surface area is 168 Å². The third-order valence-corrected chi connectivity index (χ3v) is 4.72. The number of rotatable bonds is 8. The van der Waals surface area contributed by atoms with E-state index in [2.05, 4.69) is 16.0 Å². The van der Waals surface area contributed by atoms with E-state index >= 15 is 0 Å².